The average molecular weight is 338 g/mol. The number of benzene rings is 2. The van der Waals surface area contributed by atoms with E-state index in [9.17, 15) is 4.79 Å². The molecule has 0 radical (unpaired) electrons. The van der Waals surface area contributed by atoms with E-state index >= 15 is 0 Å². The molecule has 1 N–H and O–H groups in total. The van der Waals surface area contributed by atoms with Crippen molar-refractivity contribution in [3.8, 4) is 17.2 Å². The fourth-order valence-electron chi connectivity index (χ4n) is 2.54. The van der Waals surface area contributed by atoms with Crippen LogP contribution in [0.25, 0.3) is 6.08 Å². The molecule has 0 fully saturated rings. The number of methoxy groups -OCH3 is 3. The lowest BCUT2D eigenvalue weighted by molar-refractivity contribution is -0.115. The molecule has 128 valence electrons. The number of carbonyl (C=O) groups excluding carboxylic acids is 1. The van der Waals surface area contributed by atoms with Gasteiger partial charge in [-0.3, -0.25) is 4.79 Å². The Balaban J connectivity index is 2.00. The van der Waals surface area contributed by atoms with Gasteiger partial charge in [0, 0.05) is 5.56 Å². The van der Waals surface area contributed by atoms with Gasteiger partial charge in [0.25, 0.3) is 5.91 Å². The van der Waals surface area contributed by atoms with Crippen LogP contribution in [0.5, 0.6) is 17.2 Å². The van der Waals surface area contributed by atoms with Gasteiger partial charge in [0.15, 0.2) is 11.5 Å². The lowest BCUT2D eigenvalue weighted by Crippen LogP contribution is -2.24. The molecule has 0 unspecified atom stereocenters. The number of amidine groups is 1. The van der Waals surface area contributed by atoms with E-state index in [0.717, 1.165) is 11.1 Å². The largest absolute Gasteiger partial charge is 0.493 e. The standard InChI is InChI=1S/C19H18N2O4/c1-23-15-10-12(11-16(24-2)17(15)25-3)9-14-19(22)21-18(20-14)13-7-5-4-6-8-13/h4-11H,1-3H3,(H,20,21,22). The van der Waals surface area contributed by atoms with Crippen molar-refractivity contribution >= 4 is 17.8 Å². The molecule has 0 atom stereocenters. The Labute approximate surface area is 145 Å². The Bertz CT molecular complexity index is 832. The Morgan fingerprint density at radius 3 is 2.16 bits per heavy atom. The van der Waals surface area contributed by atoms with Gasteiger partial charge in [-0.05, 0) is 23.8 Å². The lowest BCUT2D eigenvalue weighted by Gasteiger charge is -2.12. The molecular formula is C19H18N2O4. The molecule has 0 aromatic heterocycles. The van der Waals surface area contributed by atoms with Crippen LogP contribution in [0.3, 0.4) is 0 Å². The summed E-state index contributed by atoms with van der Waals surface area (Å²) in [5.41, 5.74) is 1.88. The number of aliphatic imine (C=N–C) groups is 1. The fourth-order valence-corrected chi connectivity index (χ4v) is 2.54. The predicted octanol–water partition coefficient (Wildman–Crippen LogP) is 2.63. The molecule has 1 amide bonds. The Morgan fingerprint density at radius 2 is 1.60 bits per heavy atom. The highest BCUT2D eigenvalue weighted by Crippen LogP contribution is 2.38. The van der Waals surface area contributed by atoms with Crippen molar-refractivity contribution in [3.05, 3.63) is 59.3 Å². The first kappa shape index (κ1) is 16.6. The molecule has 1 aliphatic heterocycles. The zero-order chi connectivity index (χ0) is 17.8. The van der Waals surface area contributed by atoms with E-state index in [0.29, 0.717) is 28.8 Å². The van der Waals surface area contributed by atoms with E-state index in [4.69, 9.17) is 14.2 Å². The average Bonchev–Trinajstić information content (AvgIpc) is 3.02. The van der Waals surface area contributed by atoms with E-state index < -0.39 is 0 Å². The minimum Gasteiger partial charge on any atom is -0.493 e. The van der Waals surface area contributed by atoms with Gasteiger partial charge < -0.3 is 19.5 Å². The number of ether oxygens (including phenoxy) is 3. The summed E-state index contributed by atoms with van der Waals surface area (Å²) >= 11 is 0. The Hall–Kier alpha value is -3.28. The Morgan fingerprint density at radius 1 is 0.960 bits per heavy atom. The number of hydrogen-bond donors (Lipinski definition) is 1. The van der Waals surface area contributed by atoms with Crippen LogP contribution >= 0.6 is 0 Å². The van der Waals surface area contributed by atoms with Crippen molar-refractivity contribution in [1.82, 2.24) is 5.32 Å². The van der Waals surface area contributed by atoms with Gasteiger partial charge in [0.05, 0.1) is 21.3 Å². The second-order valence-electron chi connectivity index (χ2n) is 5.27. The third kappa shape index (κ3) is 3.33. The predicted molar refractivity (Wildman–Crippen MR) is 95.2 cm³/mol. The number of hydrogen-bond acceptors (Lipinski definition) is 5. The van der Waals surface area contributed by atoms with Crippen LogP contribution in [0.1, 0.15) is 11.1 Å². The summed E-state index contributed by atoms with van der Waals surface area (Å²) in [4.78, 5) is 16.6. The van der Waals surface area contributed by atoms with Crippen LogP contribution in [0.2, 0.25) is 0 Å². The minimum atomic E-state index is -0.257. The second-order valence-corrected chi connectivity index (χ2v) is 5.27. The van der Waals surface area contributed by atoms with Crippen molar-refractivity contribution < 1.29 is 19.0 Å². The van der Waals surface area contributed by atoms with Crippen molar-refractivity contribution in [2.24, 2.45) is 4.99 Å². The van der Waals surface area contributed by atoms with Gasteiger partial charge in [-0.25, -0.2) is 4.99 Å². The van der Waals surface area contributed by atoms with E-state index in [-0.39, 0.29) is 5.91 Å². The minimum absolute atomic E-state index is 0.257. The molecule has 1 heterocycles. The number of carbonyl (C=O) groups is 1. The number of nitrogens with one attached hydrogen (secondary N) is 1. The first-order valence-corrected chi connectivity index (χ1v) is 7.63. The molecule has 0 saturated carbocycles. The number of rotatable bonds is 5. The molecule has 0 aliphatic carbocycles. The topological polar surface area (TPSA) is 69.2 Å². The van der Waals surface area contributed by atoms with E-state index in [1.807, 2.05) is 30.3 Å². The van der Waals surface area contributed by atoms with Crippen molar-refractivity contribution in [2.75, 3.05) is 21.3 Å². The van der Waals surface area contributed by atoms with E-state index in [1.54, 1.807) is 39.5 Å². The second kappa shape index (κ2) is 7.09. The maximum atomic E-state index is 12.2. The molecule has 0 spiro atoms. The van der Waals surface area contributed by atoms with Crippen LogP contribution in [0.15, 0.2) is 53.2 Å². The highest BCUT2D eigenvalue weighted by atomic mass is 16.5. The first-order valence-electron chi connectivity index (χ1n) is 7.63. The molecule has 6 heteroatoms. The highest BCUT2D eigenvalue weighted by Gasteiger charge is 2.21. The van der Waals surface area contributed by atoms with Crippen LogP contribution < -0.4 is 19.5 Å². The summed E-state index contributed by atoms with van der Waals surface area (Å²) in [7, 11) is 4.63. The molecule has 1 aliphatic rings. The lowest BCUT2D eigenvalue weighted by atomic mass is 10.1. The van der Waals surface area contributed by atoms with E-state index in [1.165, 1.54) is 0 Å². The highest BCUT2D eigenvalue weighted by molar-refractivity contribution is 6.19. The van der Waals surface area contributed by atoms with Crippen molar-refractivity contribution in [1.29, 1.82) is 0 Å². The smallest absolute Gasteiger partial charge is 0.275 e. The monoisotopic (exact) mass is 338 g/mol. The molecule has 0 saturated heterocycles. The third-order valence-corrected chi connectivity index (χ3v) is 3.73. The first-order chi connectivity index (χ1) is 12.2. The summed E-state index contributed by atoms with van der Waals surface area (Å²) in [6, 6.07) is 13.0. The van der Waals surface area contributed by atoms with Gasteiger partial charge in [-0.15, -0.1) is 0 Å². The zero-order valence-corrected chi connectivity index (χ0v) is 14.2. The van der Waals surface area contributed by atoms with Gasteiger partial charge in [0.1, 0.15) is 11.5 Å². The quantitative estimate of drug-likeness (QED) is 0.851. The van der Waals surface area contributed by atoms with Crippen LogP contribution in [-0.2, 0) is 4.79 Å². The normalized spacial score (nSPS) is 14.9. The molecule has 25 heavy (non-hydrogen) atoms. The molecule has 2 aromatic rings. The summed E-state index contributed by atoms with van der Waals surface area (Å²) in [5, 5.41) is 2.78. The molecule has 2 aromatic carbocycles. The molecule has 6 nitrogen and oxygen atoms in total. The SMILES string of the molecule is COc1cc(C=C2N=C(c3ccccc3)NC2=O)cc(OC)c1OC. The zero-order valence-electron chi connectivity index (χ0n) is 14.2. The van der Waals surface area contributed by atoms with Gasteiger partial charge in [-0.2, -0.15) is 0 Å². The van der Waals surface area contributed by atoms with Crippen LogP contribution in [-0.4, -0.2) is 33.1 Å². The van der Waals surface area contributed by atoms with Crippen molar-refractivity contribution in [2.45, 2.75) is 0 Å². The fraction of sp³-hybridized carbons (Fsp3) is 0.158. The molecule has 0 bridgehead atoms. The van der Waals surface area contributed by atoms with E-state index in [2.05, 4.69) is 10.3 Å². The van der Waals surface area contributed by atoms with Crippen LogP contribution in [0.4, 0.5) is 0 Å². The summed E-state index contributed by atoms with van der Waals surface area (Å²) < 4.78 is 16.0. The Kier molecular flexibility index (Phi) is 4.70. The summed E-state index contributed by atoms with van der Waals surface area (Å²) in [6.07, 6.45) is 1.68. The summed E-state index contributed by atoms with van der Waals surface area (Å²) in [5.74, 6) is 1.80. The molecule has 3 rings (SSSR count). The van der Waals surface area contributed by atoms with Gasteiger partial charge in [-0.1, -0.05) is 30.3 Å². The third-order valence-electron chi connectivity index (χ3n) is 3.73. The maximum absolute atomic E-state index is 12.2. The maximum Gasteiger partial charge on any atom is 0.275 e. The summed E-state index contributed by atoms with van der Waals surface area (Å²) in [6.45, 7) is 0. The number of nitrogens with zero attached hydrogens (tertiary/aromatic N) is 1. The molecular weight excluding hydrogens is 320 g/mol. The van der Waals surface area contributed by atoms with Crippen molar-refractivity contribution in [3.63, 3.8) is 0 Å². The number of amides is 1. The van der Waals surface area contributed by atoms with Crippen LogP contribution in [0, 0.1) is 0 Å². The van der Waals surface area contributed by atoms with Gasteiger partial charge >= 0.3 is 0 Å². The van der Waals surface area contributed by atoms with Gasteiger partial charge in [0.2, 0.25) is 5.75 Å².